The number of ether oxygens (including phenoxy) is 1. The fourth-order valence-corrected chi connectivity index (χ4v) is 4.16. The zero-order chi connectivity index (χ0) is 20.2. The molecule has 0 spiro atoms. The molecule has 0 radical (unpaired) electrons. The van der Waals surface area contributed by atoms with E-state index in [0.717, 1.165) is 27.9 Å². The van der Waals surface area contributed by atoms with Crippen LogP contribution in [0.3, 0.4) is 0 Å². The second-order valence-electron chi connectivity index (χ2n) is 7.41. The minimum absolute atomic E-state index is 0.277. The molecule has 30 heavy (non-hydrogen) atoms. The average Bonchev–Trinajstić information content (AvgIpc) is 2.84. The van der Waals surface area contributed by atoms with Gasteiger partial charge in [0, 0.05) is 11.3 Å². The van der Waals surface area contributed by atoms with Crippen molar-refractivity contribution in [2.45, 2.75) is 11.8 Å². The van der Waals surface area contributed by atoms with E-state index in [0.29, 0.717) is 0 Å². The lowest BCUT2D eigenvalue weighted by Crippen LogP contribution is -2.43. The lowest BCUT2D eigenvalue weighted by molar-refractivity contribution is -0.0188. The van der Waals surface area contributed by atoms with Crippen LogP contribution >= 0.6 is 0 Å². The van der Waals surface area contributed by atoms with Crippen molar-refractivity contribution in [3.63, 3.8) is 0 Å². The van der Waals surface area contributed by atoms with Gasteiger partial charge in [-0.05, 0) is 28.8 Å². The highest BCUT2D eigenvalue weighted by atomic mass is 16.5. The summed E-state index contributed by atoms with van der Waals surface area (Å²) in [6.07, 6.45) is 3.92. The molecule has 1 atom stereocenters. The number of para-hydroxylation sites is 1. The Balaban J connectivity index is 1.67. The Hall–Kier alpha value is -3.62. The van der Waals surface area contributed by atoms with Crippen molar-refractivity contribution in [1.82, 2.24) is 0 Å². The van der Waals surface area contributed by atoms with Gasteiger partial charge in [-0.3, -0.25) is 0 Å². The Labute approximate surface area is 177 Å². The lowest BCUT2D eigenvalue weighted by Gasteiger charge is -2.43. The number of rotatable bonds is 4. The molecule has 0 unspecified atom stereocenters. The smallest absolute Gasteiger partial charge is 0.149 e. The van der Waals surface area contributed by atoms with Gasteiger partial charge in [-0.15, -0.1) is 0 Å². The van der Waals surface area contributed by atoms with Crippen LogP contribution in [0.2, 0.25) is 0 Å². The van der Waals surface area contributed by atoms with E-state index in [4.69, 9.17) is 4.74 Å². The monoisotopic (exact) mass is 389 g/mol. The maximum atomic E-state index is 6.90. The Morgan fingerprint density at radius 1 is 0.633 bits per heavy atom. The van der Waals surface area contributed by atoms with Crippen LogP contribution in [0.1, 0.15) is 22.3 Å². The SMILES string of the molecule is C(=C\[C@@H]1Nc2ccccc2C(c2ccccc2)(c2ccccc2)O1)/c1ccccc1. The van der Waals surface area contributed by atoms with Crippen LogP contribution in [0.25, 0.3) is 6.08 Å². The molecule has 1 heterocycles. The van der Waals surface area contributed by atoms with Gasteiger partial charge in [-0.25, -0.2) is 0 Å². The summed E-state index contributed by atoms with van der Waals surface area (Å²) in [5, 5.41) is 3.55. The third kappa shape index (κ3) is 3.32. The maximum absolute atomic E-state index is 6.90. The van der Waals surface area contributed by atoms with Gasteiger partial charge in [0.2, 0.25) is 0 Å². The standard InChI is InChI=1S/C28H23NO/c1-4-12-22(13-5-1)20-21-27-29-26-19-11-10-18-25(26)28(30-27,23-14-6-2-7-15-23)24-16-8-3-9-17-24/h1-21,27,29H/b21-20+/t27-/m1/s1. The molecular formula is C28H23NO. The number of fused-ring (bicyclic) bond motifs is 1. The van der Waals surface area contributed by atoms with Gasteiger partial charge >= 0.3 is 0 Å². The molecule has 5 rings (SSSR count). The zero-order valence-corrected chi connectivity index (χ0v) is 16.6. The van der Waals surface area contributed by atoms with Gasteiger partial charge in [0.1, 0.15) is 11.8 Å². The number of hydrogen-bond donors (Lipinski definition) is 1. The molecule has 0 aliphatic carbocycles. The number of anilines is 1. The first-order chi connectivity index (χ1) is 14.9. The molecule has 4 aromatic carbocycles. The first kappa shape index (κ1) is 18.4. The van der Waals surface area contributed by atoms with Crippen LogP contribution in [0.15, 0.2) is 121 Å². The molecule has 0 bridgehead atoms. The maximum Gasteiger partial charge on any atom is 0.149 e. The lowest BCUT2D eigenvalue weighted by atomic mass is 9.78. The van der Waals surface area contributed by atoms with Crippen molar-refractivity contribution in [3.05, 3.63) is 144 Å². The van der Waals surface area contributed by atoms with E-state index >= 15 is 0 Å². The minimum Gasteiger partial charge on any atom is -0.356 e. The third-order valence-electron chi connectivity index (χ3n) is 5.53. The minimum atomic E-state index is -0.698. The van der Waals surface area contributed by atoms with Gasteiger partial charge in [-0.2, -0.15) is 0 Å². The summed E-state index contributed by atoms with van der Waals surface area (Å²) in [4.78, 5) is 0. The molecule has 1 aliphatic heterocycles. The predicted molar refractivity (Wildman–Crippen MR) is 123 cm³/mol. The summed E-state index contributed by atoms with van der Waals surface area (Å²) in [7, 11) is 0. The summed E-state index contributed by atoms with van der Waals surface area (Å²) >= 11 is 0. The van der Waals surface area contributed by atoms with Crippen LogP contribution < -0.4 is 5.32 Å². The molecule has 1 N–H and O–H groups in total. The van der Waals surface area contributed by atoms with Gasteiger partial charge in [0.25, 0.3) is 0 Å². The Bertz CT molecular complexity index is 1100. The van der Waals surface area contributed by atoms with Crippen LogP contribution in [0, 0.1) is 0 Å². The third-order valence-corrected chi connectivity index (χ3v) is 5.53. The molecule has 146 valence electrons. The van der Waals surface area contributed by atoms with E-state index in [1.807, 2.05) is 30.3 Å². The molecule has 0 aromatic heterocycles. The second-order valence-corrected chi connectivity index (χ2v) is 7.41. The second kappa shape index (κ2) is 8.02. The molecular weight excluding hydrogens is 366 g/mol. The number of benzene rings is 4. The molecule has 1 aliphatic rings. The number of nitrogens with one attached hydrogen (secondary N) is 1. The van der Waals surface area contributed by atoms with E-state index in [1.54, 1.807) is 0 Å². The van der Waals surface area contributed by atoms with Crippen molar-refractivity contribution in [2.24, 2.45) is 0 Å². The Morgan fingerprint density at radius 3 is 1.80 bits per heavy atom. The topological polar surface area (TPSA) is 21.3 Å². The quantitative estimate of drug-likeness (QED) is 0.432. The molecule has 2 heteroatoms. The molecule has 4 aromatic rings. The summed E-state index contributed by atoms with van der Waals surface area (Å²) < 4.78 is 6.90. The summed E-state index contributed by atoms with van der Waals surface area (Å²) in [5.74, 6) is 0. The highest BCUT2D eigenvalue weighted by molar-refractivity contribution is 5.64. The van der Waals surface area contributed by atoms with E-state index < -0.39 is 5.60 Å². The first-order valence-corrected chi connectivity index (χ1v) is 10.2. The highest BCUT2D eigenvalue weighted by Gasteiger charge is 2.43. The van der Waals surface area contributed by atoms with Gasteiger partial charge < -0.3 is 10.1 Å². The van der Waals surface area contributed by atoms with Gasteiger partial charge in [0.15, 0.2) is 0 Å². The molecule has 2 nitrogen and oxygen atoms in total. The van der Waals surface area contributed by atoms with Crippen LogP contribution in [-0.4, -0.2) is 6.23 Å². The van der Waals surface area contributed by atoms with E-state index in [1.165, 1.54) is 0 Å². The van der Waals surface area contributed by atoms with Gasteiger partial charge in [-0.1, -0.05) is 115 Å². The van der Waals surface area contributed by atoms with Crippen molar-refractivity contribution >= 4 is 11.8 Å². The first-order valence-electron chi connectivity index (χ1n) is 10.2. The normalized spacial score (nSPS) is 17.3. The van der Waals surface area contributed by atoms with Crippen molar-refractivity contribution in [1.29, 1.82) is 0 Å². The van der Waals surface area contributed by atoms with E-state index in [2.05, 4.69) is 102 Å². The van der Waals surface area contributed by atoms with Crippen molar-refractivity contribution in [2.75, 3.05) is 5.32 Å². The molecule has 0 fully saturated rings. The van der Waals surface area contributed by atoms with Crippen LogP contribution in [0.5, 0.6) is 0 Å². The molecule has 0 amide bonds. The Kier molecular flexibility index (Phi) is 4.92. The summed E-state index contributed by atoms with van der Waals surface area (Å²) in [6, 6.07) is 39.7. The summed E-state index contributed by atoms with van der Waals surface area (Å²) in [6.45, 7) is 0. The van der Waals surface area contributed by atoms with Crippen molar-refractivity contribution < 1.29 is 4.74 Å². The number of hydrogen-bond acceptors (Lipinski definition) is 2. The van der Waals surface area contributed by atoms with E-state index in [-0.39, 0.29) is 6.23 Å². The molecule has 0 saturated heterocycles. The molecule has 0 saturated carbocycles. The van der Waals surface area contributed by atoms with E-state index in [9.17, 15) is 0 Å². The Morgan fingerprint density at radius 2 is 1.17 bits per heavy atom. The fraction of sp³-hybridized carbons (Fsp3) is 0.0714. The highest BCUT2D eigenvalue weighted by Crippen LogP contribution is 2.47. The van der Waals surface area contributed by atoms with Crippen LogP contribution in [-0.2, 0) is 10.3 Å². The van der Waals surface area contributed by atoms with Crippen LogP contribution in [0.4, 0.5) is 5.69 Å². The average molecular weight is 389 g/mol. The van der Waals surface area contributed by atoms with Gasteiger partial charge in [0.05, 0.1) is 0 Å². The summed E-state index contributed by atoms with van der Waals surface area (Å²) in [5.41, 5.74) is 4.88. The zero-order valence-electron chi connectivity index (χ0n) is 16.6. The fourth-order valence-electron chi connectivity index (χ4n) is 4.16. The van der Waals surface area contributed by atoms with Crippen molar-refractivity contribution in [3.8, 4) is 0 Å². The predicted octanol–water partition coefficient (Wildman–Crippen LogP) is 6.46. The largest absolute Gasteiger partial charge is 0.356 e.